The Bertz CT molecular complexity index is 683. The van der Waals surface area contributed by atoms with Crippen LogP contribution in [0.3, 0.4) is 0 Å². The van der Waals surface area contributed by atoms with Gasteiger partial charge in [-0.15, -0.1) is 0 Å². The van der Waals surface area contributed by atoms with Gasteiger partial charge < -0.3 is 22.1 Å². The molecule has 12 heteroatoms. The van der Waals surface area contributed by atoms with E-state index in [0.717, 1.165) is 11.8 Å². The summed E-state index contributed by atoms with van der Waals surface area (Å²) in [6.07, 6.45) is 0. The molecule has 0 unspecified atom stereocenters. The molecule has 0 atom stereocenters. The Morgan fingerprint density at radius 2 is 1.77 bits per heavy atom. The molecule has 0 aliphatic carbocycles. The third kappa shape index (κ3) is 4.31. The molecule has 0 saturated carbocycles. The van der Waals surface area contributed by atoms with Crippen LogP contribution in [0.4, 0.5) is 23.3 Å². The Morgan fingerprint density at radius 1 is 1.18 bits per heavy atom. The third-order valence-electron chi connectivity index (χ3n) is 2.12. The van der Waals surface area contributed by atoms with Crippen LogP contribution in [0.25, 0.3) is 0 Å². The summed E-state index contributed by atoms with van der Waals surface area (Å²) in [5, 5.41) is 12.0. The van der Waals surface area contributed by atoms with Crippen molar-refractivity contribution >= 4 is 46.8 Å². The molecule has 116 valence electrons. The van der Waals surface area contributed by atoms with Crippen LogP contribution in [0.15, 0.2) is 15.9 Å². The molecule has 0 aliphatic rings. The number of nitrogens with one attached hydrogen (secondary N) is 2. The molecule has 22 heavy (non-hydrogen) atoms. The van der Waals surface area contributed by atoms with Crippen LogP contribution in [-0.4, -0.2) is 37.8 Å². The fraction of sp³-hybridized carbons (Fsp3) is 0.200. The highest BCUT2D eigenvalue weighted by Crippen LogP contribution is 2.18. The summed E-state index contributed by atoms with van der Waals surface area (Å²) < 4.78 is 4.45. The molecule has 0 aromatic carbocycles. The van der Waals surface area contributed by atoms with Crippen molar-refractivity contribution in [2.24, 2.45) is 0 Å². The van der Waals surface area contributed by atoms with Crippen molar-refractivity contribution in [1.82, 2.24) is 20.3 Å². The maximum Gasteiger partial charge on any atom is 0.236 e. The largest absolute Gasteiger partial charge is 0.383 e. The molecule has 2 heterocycles. The first-order valence-corrected chi connectivity index (χ1v) is 6.85. The van der Waals surface area contributed by atoms with Gasteiger partial charge in [-0.25, -0.2) is 14.6 Å². The number of carbonyl (C=O) groups is 2. The van der Waals surface area contributed by atoms with Gasteiger partial charge in [0.15, 0.2) is 5.16 Å². The van der Waals surface area contributed by atoms with E-state index in [2.05, 4.69) is 35.5 Å². The van der Waals surface area contributed by atoms with Crippen LogP contribution >= 0.6 is 11.8 Å². The number of anilines is 4. The lowest BCUT2D eigenvalue weighted by Crippen LogP contribution is -2.17. The number of rotatable bonds is 5. The lowest BCUT2D eigenvalue weighted by Gasteiger charge is -2.04. The van der Waals surface area contributed by atoms with Gasteiger partial charge in [0, 0.05) is 13.0 Å². The monoisotopic (exact) mass is 324 g/mol. The van der Waals surface area contributed by atoms with Crippen molar-refractivity contribution in [1.29, 1.82) is 0 Å². The Balaban J connectivity index is 1.93. The highest BCUT2D eigenvalue weighted by atomic mass is 32.2. The minimum Gasteiger partial charge on any atom is -0.383 e. The number of hydrogen-bond acceptors (Lipinski definition) is 10. The molecule has 2 aromatic rings. The molecule has 0 bridgehead atoms. The molecule has 2 rings (SSSR count). The molecule has 11 nitrogen and oxygen atoms in total. The second-order valence-corrected chi connectivity index (χ2v) is 4.92. The van der Waals surface area contributed by atoms with Gasteiger partial charge in [0.2, 0.25) is 23.5 Å². The van der Waals surface area contributed by atoms with Gasteiger partial charge in [-0.1, -0.05) is 11.8 Å². The maximum atomic E-state index is 11.8. The smallest absolute Gasteiger partial charge is 0.236 e. The Kier molecular flexibility index (Phi) is 4.73. The van der Waals surface area contributed by atoms with Gasteiger partial charge in [0.25, 0.3) is 0 Å². The van der Waals surface area contributed by atoms with E-state index in [0.29, 0.717) is 0 Å². The number of hydrogen-bond donors (Lipinski definition) is 4. The molecule has 2 aromatic heterocycles. The number of amides is 2. The first kappa shape index (κ1) is 15.5. The lowest BCUT2D eigenvalue weighted by molar-refractivity contribution is -0.115. The van der Waals surface area contributed by atoms with E-state index in [-0.39, 0.29) is 40.1 Å². The summed E-state index contributed by atoms with van der Waals surface area (Å²) in [4.78, 5) is 30.6. The molecular formula is C10H12N8O3S. The molecule has 2 amide bonds. The summed E-state index contributed by atoms with van der Waals surface area (Å²) in [5.41, 5.74) is 11.1. The summed E-state index contributed by atoms with van der Waals surface area (Å²) in [5.74, 6) is -0.353. The Hall–Kier alpha value is -2.89. The van der Waals surface area contributed by atoms with Crippen LogP contribution in [0.2, 0.25) is 0 Å². The predicted molar refractivity (Wildman–Crippen MR) is 78.8 cm³/mol. The van der Waals surface area contributed by atoms with Gasteiger partial charge in [0.1, 0.15) is 11.6 Å². The van der Waals surface area contributed by atoms with Gasteiger partial charge in [-0.2, -0.15) is 0 Å². The van der Waals surface area contributed by atoms with Crippen LogP contribution in [0.1, 0.15) is 6.92 Å². The topological polar surface area (TPSA) is 175 Å². The number of aromatic nitrogens is 4. The lowest BCUT2D eigenvalue weighted by atomic mass is 10.5. The third-order valence-corrected chi connectivity index (χ3v) is 2.97. The van der Waals surface area contributed by atoms with Crippen LogP contribution in [0, 0.1) is 0 Å². The number of carbonyl (C=O) groups excluding carboxylic acids is 2. The van der Waals surface area contributed by atoms with E-state index >= 15 is 0 Å². The minimum atomic E-state index is -0.420. The normalized spacial score (nSPS) is 10.2. The van der Waals surface area contributed by atoms with Crippen molar-refractivity contribution in [3.05, 3.63) is 6.07 Å². The molecule has 0 fully saturated rings. The van der Waals surface area contributed by atoms with Crippen molar-refractivity contribution in [3.63, 3.8) is 0 Å². The number of thioether (sulfide) groups is 1. The standard InChI is InChI=1S/C10H12N8O3S/c1-4(19)13-8-9(18-21-17-8)16-7(20)3-22-10-14-5(11)2-6(12)15-10/h2H,3H2,1H3,(H,13,17,19)(H,16,18,20)(H4,11,12,14,15). The Morgan fingerprint density at radius 3 is 2.36 bits per heavy atom. The highest BCUT2D eigenvalue weighted by molar-refractivity contribution is 7.99. The molecule has 0 saturated heterocycles. The average Bonchev–Trinajstić information content (AvgIpc) is 2.82. The fourth-order valence-electron chi connectivity index (χ4n) is 1.34. The van der Waals surface area contributed by atoms with E-state index in [4.69, 9.17) is 11.5 Å². The van der Waals surface area contributed by atoms with Crippen molar-refractivity contribution < 1.29 is 14.2 Å². The summed E-state index contributed by atoms with van der Waals surface area (Å²) in [6.45, 7) is 1.29. The van der Waals surface area contributed by atoms with Crippen molar-refractivity contribution in [3.8, 4) is 0 Å². The molecule has 0 aliphatic heterocycles. The first-order chi connectivity index (χ1) is 10.4. The van der Waals surface area contributed by atoms with Gasteiger partial charge >= 0.3 is 0 Å². The van der Waals surface area contributed by atoms with Crippen LogP contribution in [0.5, 0.6) is 0 Å². The zero-order valence-electron chi connectivity index (χ0n) is 11.4. The van der Waals surface area contributed by atoms with Crippen LogP contribution in [-0.2, 0) is 9.59 Å². The van der Waals surface area contributed by atoms with E-state index < -0.39 is 5.91 Å². The van der Waals surface area contributed by atoms with Crippen molar-refractivity contribution in [2.45, 2.75) is 12.1 Å². The number of nitrogen functional groups attached to an aromatic ring is 2. The fourth-order valence-corrected chi connectivity index (χ4v) is 2.02. The quantitative estimate of drug-likeness (QED) is 0.422. The summed E-state index contributed by atoms with van der Waals surface area (Å²) in [7, 11) is 0. The molecule has 6 N–H and O–H groups in total. The molecule has 0 spiro atoms. The molecule has 0 radical (unpaired) electrons. The Labute approximate surface area is 128 Å². The second-order valence-electron chi connectivity index (χ2n) is 3.98. The predicted octanol–water partition coefficient (Wildman–Crippen LogP) is -0.287. The molecular weight excluding hydrogens is 312 g/mol. The zero-order chi connectivity index (χ0) is 16.1. The summed E-state index contributed by atoms with van der Waals surface area (Å²) >= 11 is 1.04. The van der Waals surface area contributed by atoms with E-state index in [1.165, 1.54) is 13.0 Å². The van der Waals surface area contributed by atoms with E-state index in [1.54, 1.807) is 0 Å². The van der Waals surface area contributed by atoms with Gasteiger partial charge in [0.05, 0.1) is 5.75 Å². The van der Waals surface area contributed by atoms with Crippen LogP contribution < -0.4 is 22.1 Å². The average molecular weight is 324 g/mol. The van der Waals surface area contributed by atoms with Gasteiger partial charge in [-0.05, 0) is 10.3 Å². The summed E-state index contributed by atoms with van der Waals surface area (Å²) in [6, 6.07) is 1.41. The minimum absolute atomic E-state index is 0.00816. The number of nitrogens with two attached hydrogens (primary N) is 2. The van der Waals surface area contributed by atoms with E-state index in [1.807, 2.05) is 0 Å². The maximum absolute atomic E-state index is 11.8. The van der Waals surface area contributed by atoms with E-state index in [9.17, 15) is 9.59 Å². The van der Waals surface area contributed by atoms with Gasteiger partial charge in [-0.3, -0.25) is 9.59 Å². The first-order valence-electron chi connectivity index (χ1n) is 5.87. The SMILES string of the molecule is CC(=O)Nc1nonc1NC(=O)CSc1nc(N)cc(N)n1. The second kappa shape index (κ2) is 6.71. The number of nitrogens with zero attached hydrogens (tertiary/aromatic N) is 4. The highest BCUT2D eigenvalue weighted by Gasteiger charge is 2.15. The van der Waals surface area contributed by atoms with Crippen molar-refractivity contribution in [2.75, 3.05) is 27.9 Å². The zero-order valence-corrected chi connectivity index (χ0v) is 12.2.